The van der Waals surface area contributed by atoms with Gasteiger partial charge in [0.05, 0.1) is 21.6 Å². The number of amides is 1. The number of fused-ring (bicyclic) bond motifs is 2. The number of carbonyl (C=O) groups is 2. The fraction of sp³-hybridized carbons (Fsp3) is 0.400. The smallest absolute Gasteiger partial charge is 0.326 e. The predicted molar refractivity (Wildman–Crippen MR) is 124 cm³/mol. The van der Waals surface area contributed by atoms with Gasteiger partial charge in [-0.05, 0) is 55.0 Å². The SMILES string of the molecule is Cc1cccc(NC(=O)C23CCC(C)(C(=NOC(=O)c4ccc([N+](=O)[O-])cc4)C2)C3(C)C)c1. The van der Waals surface area contributed by atoms with Gasteiger partial charge < -0.3 is 10.2 Å². The van der Waals surface area contributed by atoms with E-state index >= 15 is 0 Å². The van der Waals surface area contributed by atoms with Gasteiger partial charge in [-0.25, -0.2) is 4.79 Å². The number of benzene rings is 2. The minimum atomic E-state index is -0.695. The molecule has 4 rings (SSSR count). The van der Waals surface area contributed by atoms with Crippen LogP contribution in [0.4, 0.5) is 11.4 Å². The molecule has 2 aliphatic rings. The summed E-state index contributed by atoms with van der Waals surface area (Å²) in [5.74, 6) is -0.742. The maximum Gasteiger partial charge on any atom is 0.365 e. The maximum absolute atomic E-state index is 13.5. The van der Waals surface area contributed by atoms with Crippen LogP contribution in [0.3, 0.4) is 0 Å². The zero-order valence-electron chi connectivity index (χ0n) is 19.2. The molecule has 0 saturated heterocycles. The van der Waals surface area contributed by atoms with Crippen molar-refractivity contribution in [1.82, 2.24) is 0 Å². The minimum absolute atomic E-state index is 0.0475. The molecule has 2 aromatic carbocycles. The monoisotopic (exact) mass is 449 g/mol. The Morgan fingerprint density at radius 2 is 1.79 bits per heavy atom. The van der Waals surface area contributed by atoms with Crippen LogP contribution in [0.2, 0.25) is 0 Å². The maximum atomic E-state index is 13.5. The number of aryl methyl sites for hydroxylation is 1. The zero-order valence-corrected chi connectivity index (χ0v) is 19.2. The summed E-state index contributed by atoms with van der Waals surface area (Å²) in [4.78, 5) is 41.5. The summed E-state index contributed by atoms with van der Waals surface area (Å²) in [5, 5.41) is 18.1. The number of hydrogen-bond donors (Lipinski definition) is 1. The minimum Gasteiger partial charge on any atom is -0.326 e. The first-order valence-electron chi connectivity index (χ1n) is 10.9. The summed E-state index contributed by atoms with van der Waals surface area (Å²) in [6.07, 6.45) is 1.89. The molecule has 2 bridgehead atoms. The molecule has 172 valence electrons. The number of anilines is 1. The van der Waals surface area contributed by atoms with Crippen molar-refractivity contribution >= 4 is 29.0 Å². The van der Waals surface area contributed by atoms with Gasteiger partial charge in [0.2, 0.25) is 5.91 Å². The van der Waals surface area contributed by atoms with Crippen molar-refractivity contribution in [3.8, 4) is 0 Å². The van der Waals surface area contributed by atoms with E-state index in [4.69, 9.17) is 4.84 Å². The van der Waals surface area contributed by atoms with Crippen LogP contribution in [0.25, 0.3) is 0 Å². The average molecular weight is 450 g/mol. The second kappa shape index (κ2) is 7.79. The third kappa shape index (κ3) is 3.50. The van der Waals surface area contributed by atoms with Gasteiger partial charge in [0.25, 0.3) is 5.69 Å². The molecule has 1 amide bonds. The fourth-order valence-electron chi connectivity index (χ4n) is 5.36. The number of rotatable bonds is 5. The molecule has 8 heteroatoms. The van der Waals surface area contributed by atoms with Gasteiger partial charge >= 0.3 is 5.97 Å². The van der Waals surface area contributed by atoms with Crippen molar-refractivity contribution in [3.63, 3.8) is 0 Å². The molecular formula is C25H27N3O5. The van der Waals surface area contributed by atoms with Gasteiger partial charge in [0.15, 0.2) is 0 Å². The molecule has 0 aliphatic heterocycles. The summed E-state index contributed by atoms with van der Waals surface area (Å²) in [5.41, 5.74) is 1.12. The summed E-state index contributed by atoms with van der Waals surface area (Å²) >= 11 is 0. The Labute approximate surface area is 192 Å². The second-order valence-electron chi connectivity index (χ2n) is 9.76. The van der Waals surface area contributed by atoms with Gasteiger partial charge in [-0.3, -0.25) is 14.9 Å². The van der Waals surface area contributed by atoms with E-state index < -0.39 is 27.1 Å². The second-order valence-corrected chi connectivity index (χ2v) is 9.76. The van der Waals surface area contributed by atoms with Crippen molar-refractivity contribution in [2.75, 3.05) is 5.32 Å². The lowest BCUT2D eigenvalue weighted by molar-refractivity contribution is -0.384. The first-order chi connectivity index (χ1) is 15.5. The third-order valence-corrected chi connectivity index (χ3v) is 8.00. The van der Waals surface area contributed by atoms with Crippen LogP contribution in [-0.4, -0.2) is 22.5 Å². The highest BCUT2D eigenvalue weighted by molar-refractivity contribution is 6.06. The van der Waals surface area contributed by atoms with E-state index in [2.05, 4.69) is 31.2 Å². The Hall–Kier alpha value is -3.55. The summed E-state index contributed by atoms with van der Waals surface area (Å²) in [7, 11) is 0. The molecule has 2 aromatic rings. The number of hydrogen-bond acceptors (Lipinski definition) is 6. The number of nitro benzene ring substituents is 1. The van der Waals surface area contributed by atoms with Crippen molar-refractivity contribution in [3.05, 3.63) is 69.8 Å². The molecule has 2 aliphatic carbocycles. The summed E-state index contributed by atoms with van der Waals surface area (Å²) in [6.45, 7) is 8.21. The number of carbonyl (C=O) groups excluding carboxylic acids is 2. The largest absolute Gasteiger partial charge is 0.365 e. The number of nitro groups is 1. The van der Waals surface area contributed by atoms with Crippen LogP contribution >= 0.6 is 0 Å². The normalized spacial score (nSPS) is 26.2. The Bertz CT molecular complexity index is 1170. The van der Waals surface area contributed by atoms with Crippen LogP contribution in [0.1, 0.15) is 56.0 Å². The van der Waals surface area contributed by atoms with E-state index in [1.54, 1.807) is 0 Å². The highest BCUT2D eigenvalue weighted by atomic mass is 16.7. The van der Waals surface area contributed by atoms with E-state index in [0.29, 0.717) is 12.1 Å². The highest BCUT2D eigenvalue weighted by Crippen LogP contribution is 2.71. The Balaban J connectivity index is 1.56. The number of oxime groups is 1. The number of non-ortho nitro benzene ring substituents is 1. The van der Waals surface area contributed by atoms with Gasteiger partial charge in [0, 0.05) is 29.7 Å². The Morgan fingerprint density at radius 3 is 2.42 bits per heavy atom. The van der Waals surface area contributed by atoms with Crippen molar-refractivity contribution in [2.45, 2.75) is 47.0 Å². The lowest BCUT2D eigenvalue weighted by Crippen LogP contribution is -2.43. The van der Waals surface area contributed by atoms with Crippen LogP contribution in [0.15, 0.2) is 53.7 Å². The Morgan fingerprint density at radius 1 is 1.09 bits per heavy atom. The van der Waals surface area contributed by atoms with Gasteiger partial charge in [0.1, 0.15) is 0 Å². The van der Waals surface area contributed by atoms with Crippen LogP contribution in [-0.2, 0) is 9.63 Å². The summed E-state index contributed by atoms with van der Waals surface area (Å²) < 4.78 is 0. The molecule has 33 heavy (non-hydrogen) atoms. The van der Waals surface area contributed by atoms with Crippen molar-refractivity contribution in [1.29, 1.82) is 0 Å². The molecule has 0 radical (unpaired) electrons. The highest BCUT2D eigenvalue weighted by Gasteiger charge is 2.71. The van der Waals surface area contributed by atoms with E-state index in [1.165, 1.54) is 24.3 Å². The number of nitrogens with zero attached hydrogens (tertiary/aromatic N) is 2. The van der Waals surface area contributed by atoms with Gasteiger partial charge in [-0.1, -0.05) is 38.1 Å². The number of nitrogens with one attached hydrogen (secondary N) is 1. The molecule has 1 N–H and O–H groups in total. The lowest BCUT2D eigenvalue weighted by Gasteiger charge is -2.39. The first-order valence-corrected chi connectivity index (χ1v) is 10.9. The molecule has 0 aromatic heterocycles. The van der Waals surface area contributed by atoms with E-state index in [1.807, 2.05) is 31.2 Å². The van der Waals surface area contributed by atoms with Gasteiger partial charge in [-0.15, -0.1) is 0 Å². The van der Waals surface area contributed by atoms with Crippen molar-refractivity contribution < 1.29 is 19.3 Å². The molecule has 2 unspecified atom stereocenters. The molecule has 2 saturated carbocycles. The standard InChI is InChI=1S/C25H27N3O5/c1-16-6-5-7-18(14-16)26-22(30)25-13-12-24(4,23(25,2)3)20(15-25)27-33-21(29)17-8-10-19(11-9-17)28(31)32/h5-11,14H,12-13,15H2,1-4H3,(H,26,30). The molecule has 0 heterocycles. The first kappa shape index (κ1) is 22.6. The molecule has 0 spiro atoms. The molecule has 2 fully saturated rings. The molecule has 8 nitrogen and oxygen atoms in total. The third-order valence-electron chi connectivity index (χ3n) is 8.00. The van der Waals surface area contributed by atoms with E-state index in [9.17, 15) is 19.7 Å². The van der Waals surface area contributed by atoms with E-state index in [0.717, 1.165) is 24.1 Å². The van der Waals surface area contributed by atoms with Crippen LogP contribution in [0, 0.1) is 33.3 Å². The predicted octanol–water partition coefficient (Wildman–Crippen LogP) is 5.27. The quantitative estimate of drug-likeness (QED) is 0.380. The molecule has 2 atom stereocenters. The molecular weight excluding hydrogens is 422 g/mol. The zero-order chi connectivity index (χ0) is 24.0. The fourth-order valence-corrected chi connectivity index (χ4v) is 5.36. The van der Waals surface area contributed by atoms with Gasteiger partial charge in [-0.2, -0.15) is 0 Å². The van der Waals surface area contributed by atoms with Crippen LogP contribution in [0.5, 0.6) is 0 Å². The average Bonchev–Trinajstić information content (AvgIpc) is 3.08. The Kier molecular flexibility index (Phi) is 5.35. The van der Waals surface area contributed by atoms with Crippen molar-refractivity contribution in [2.24, 2.45) is 21.4 Å². The lowest BCUT2D eigenvalue weighted by atomic mass is 9.64. The van der Waals surface area contributed by atoms with Crippen LogP contribution < -0.4 is 5.32 Å². The summed E-state index contributed by atoms with van der Waals surface area (Å²) in [6, 6.07) is 12.9. The topological polar surface area (TPSA) is 111 Å². The van der Waals surface area contributed by atoms with E-state index in [-0.39, 0.29) is 17.2 Å².